The molecule has 0 atom stereocenters. The van der Waals surface area contributed by atoms with Gasteiger partial charge in [-0.3, -0.25) is 14.4 Å². The molecule has 0 radical (unpaired) electrons. The van der Waals surface area contributed by atoms with Crippen molar-refractivity contribution in [2.24, 2.45) is 0 Å². The summed E-state index contributed by atoms with van der Waals surface area (Å²) in [5, 5.41) is 13.6. The number of amides is 2. The van der Waals surface area contributed by atoms with Gasteiger partial charge in [-0.25, -0.2) is 0 Å². The summed E-state index contributed by atoms with van der Waals surface area (Å²) in [6.45, 7) is -0.643. The van der Waals surface area contributed by atoms with Crippen LogP contribution >= 0.6 is 0 Å². The largest absolute Gasteiger partial charge is 0.497 e. The van der Waals surface area contributed by atoms with E-state index in [4.69, 9.17) is 28.8 Å². The fourth-order valence-corrected chi connectivity index (χ4v) is 2.91. The molecule has 0 aliphatic rings. The average molecular weight is 474 g/mol. The summed E-state index contributed by atoms with van der Waals surface area (Å²) in [5.74, 6) is -1.08. The van der Waals surface area contributed by atoms with Crippen molar-refractivity contribution in [3.05, 3.63) is 47.2 Å². The molecule has 0 aliphatic heterocycles. The normalized spacial score (nSPS) is 10.7. The second-order valence-electron chi connectivity index (χ2n) is 6.61. The van der Waals surface area contributed by atoms with Gasteiger partial charge in [0.05, 0.1) is 35.5 Å². The number of nitrogens with one attached hydrogen (secondary N) is 2. The van der Waals surface area contributed by atoms with Gasteiger partial charge in [-0.15, -0.1) is 0 Å². The summed E-state index contributed by atoms with van der Waals surface area (Å²) >= 11 is 0. The maximum Gasteiger partial charge on any atom is 0.322 e. The highest BCUT2D eigenvalue weighted by Crippen LogP contribution is 2.38. The molecule has 2 rings (SSSR count). The highest BCUT2D eigenvalue weighted by Gasteiger charge is 2.20. The first-order valence-corrected chi connectivity index (χ1v) is 9.83. The molecule has 0 aromatic heterocycles. The maximum atomic E-state index is 13.0. The second-order valence-corrected chi connectivity index (χ2v) is 6.61. The Morgan fingerprint density at radius 1 is 0.853 bits per heavy atom. The molecule has 11 nitrogen and oxygen atoms in total. The SMILES string of the molecule is COc1ccc(/C=C(\NC(=O)c2cc(OC)c(OC)c(OC)c2)C(=O)NCC(=O)O)c(OC)c1. The smallest absolute Gasteiger partial charge is 0.322 e. The van der Waals surface area contributed by atoms with E-state index in [0.29, 0.717) is 22.8 Å². The van der Waals surface area contributed by atoms with Gasteiger partial charge in [-0.1, -0.05) is 0 Å². The lowest BCUT2D eigenvalue weighted by atomic mass is 10.1. The Labute approximate surface area is 196 Å². The second kappa shape index (κ2) is 12.0. The average Bonchev–Trinajstić information content (AvgIpc) is 2.85. The van der Waals surface area contributed by atoms with Gasteiger partial charge in [0.1, 0.15) is 23.7 Å². The minimum absolute atomic E-state index is 0.105. The van der Waals surface area contributed by atoms with Crippen LogP contribution in [0.2, 0.25) is 0 Å². The van der Waals surface area contributed by atoms with Crippen molar-refractivity contribution in [2.75, 3.05) is 42.1 Å². The van der Waals surface area contributed by atoms with Crippen LogP contribution in [-0.2, 0) is 9.59 Å². The monoisotopic (exact) mass is 474 g/mol. The van der Waals surface area contributed by atoms with Crippen LogP contribution in [0.4, 0.5) is 0 Å². The molecule has 0 bridgehead atoms. The first kappa shape index (κ1) is 25.8. The third-order valence-electron chi connectivity index (χ3n) is 4.56. The molecule has 0 fully saturated rings. The van der Waals surface area contributed by atoms with Crippen molar-refractivity contribution in [3.63, 3.8) is 0 Å². The minimum Gasteiger partial charge on any atom is -0.497 e. The first-order chi connectivity index (χ1) is 16.3. The molecule has 0 saturated carbocycles. The van der Waals surface area contributed by atoms with Crippen LogP contribution in [0.5, 0.6) is 28.7 Å². The van der Waals surface area contributed by atoms with E-state index in [0.717, 1.165) is 0 Å². The highest BCUT2D eigenvalue weighted by atomic mass is 16.5. The number of hydrogen-bond donors (Lipinski definition) is 3. The quantitative estimate of drug-likeness (QED) is 0.415. The van der Waals surface area contributed by atoms with E-state index >= 15 is 0 Å². The molecule has 0 aliphatic carbocycles. The lowest BCUT2D eigenvalue weighted by Crippen LogP contribution is -2.37. The molecule has 2 aromatic carbocycles. The number of carbonyl (C=O) groups excluding carboxylic acids is 2. The molecule has 0 saturated heterocycles. The zero-order valence-electron chi connectivity index (χ0n) is 19.4. The Morgan fingerprint density at radius 2 is 1.47 bits per heavy atom. The highest BCUT2D eigenvalue weighted by molar-refractivity contribution is 6.06. The van der Waals surface area contributed by atoms with Gasteiger partial charge in [-0.05, 0) is 30.3 Å². The van der Waals surface area contributed by atoms with E-state index in [2.05, 4.69) is 10.6 Å². The summed E-state index contributed by atoms with van der Waals surface area (Å²) in [6, 6.07) is 7.68. The van der Waals surface area contributed by atoms with Crippen LogP contribution in [0.15, 0.2) is 36.0 Å². The maximum absolute atomic E-state index is 13.0. The van der Waals surface area contributed by atoms with Gasteiger partial charge in [0, 0.05) is 17.2 Å². The Hall–Kier alpha value is -4.41. The molecule has 11 heteroatoms. The van der Waals surface area contributed by atoms with Crippen molar-refractivity contribution >= 4 is 23.9 Å². The van der Waals surface area contributed by atoms with E-state index in [1.165, 1.54) is 53.8 Å². The number of carboxylic acid groups (broad SMARTS) is 1. The number of carboxylic acids is 1. The molecule has 3 N–H and O–H groups in total. The van der Waals surface area contributed by atoms with Crippen molar-refractivity contribution in [1.29, 1.82) is 0 Å². The molecular weight excluding hydrogens is 448 g/mol. The molecule has 0 spiro atoms. The predicted octanol–water partition coefficient (Wildman–Crippen LogP) is 1.70. The van der Waals surface area contributed by atoms with Crippen LogP contribution < -0.4 is 34.3 Å². The molecule has 34 heavy (non-hydrogen) atoms. The number of carbonyl (C=O) groups is 3. The first-order valence-electron chi connectivity index (χ1n) is 9.83. The number of benzene rings is 2. The van der Waals surface area contributed by atoms with Gasteiger partial charge in [0.2, 0.25) is 5.75 Å². The summed E-state index contributed by atoms with van der Waals surface area (Å²) in [4.78, 5) is 36.6. The lowest BCUT2D eigenvalue weighted by Gasteiger charge is -2.15. The molecule has 2 aromatic rings. The number of ether oxygens (including phenoxy) is 5. The van der Waals surface area contributed by atoms with E-state index in [1.807, 2.05) is 0 Å². The summed E-state index contributed by atoms with van der Waals surface area (Å²) in [6.07, 6.45) is 1.35. The van der Waals surface area contributed by atoms with E-state index < -0.39 is 24.3 Å². The van der Waals surface area contributed by atoms with Gasteiger partial charge in [0.15, 0.2) is 11.5 Å². The Balaban J connectivity index is 2.49. The number of methoxy groups -OCH3 is 5. The van der Waals surface area contributed by atoms with Gasteiger partial charge >= 0.3 is 5.97 Å². The van der Waals surface area contributed by atoms with E-state index in [1.54, 1.807) is 18.2 Å². The van der Waals surface area contributed by atoms with Crippen LogP contribution in [0, 0.1) is 0 Å². The Kier molecular flexibility index (Phi) is 9.12. The number of hydrogen-bond acceptors (Lipinski definition) is 8. The summed E-state index contributed by atoms with van der Waals surface area (Å²) < 4.78 is 26.3. The van der Waals surface area contributed by atoms with Gasteiger partial charge < -0.3 is 39.4 Å². The Bertz CT molecular complexity index is 1070. The number of aliphatic carboxylic acids is 1. The third kappa shape index (κ3) is 6.31. The van der Waals surface area contributed by atoms with Crippen LogP contribution in [-0.4, -0.2) is 65.0 Å². The molecule has 182 valence electrons. The zero-order valence-corrected chi connectivity index (χ0v) is 19.4. The van der Waals surface area contributed by atoms with Crippen LogP contribution in [0.3, 0.4) is 0 Å². The van der Waals surface area contributed by atoms with Crippen molar-refractivity contribution in [2.45, 2.75) is 0 Å². The number of rotatable bonds is 11. The zero-order chi connectivity index (χ0) is 25.3. The van der Waals surface area contributed by atoms with Gasteiger partial charge in [0.25, 0.3) is 11.8 Å². The Morgan fingerprint density at radius 3 is 1.97 bits per heavy atom. The molecular formula is C23H26N2O9. The van der Waals surface area contributed by atoms with Gasteiger partial charge in [-0.2, -0.15) is 0 Å². The molecule has 0 unspecified atom stereocenters. The topological polar surface area (TPSA) is 142 Å². The minimum atomic E-state index is -1.24. The van der Waals surface area contributed by atoms with E-state index in [-0.39, 0.29) is 22.8 Å². The fourth-order valence-electron chi connectivity index (χ4n) is 2.91. The summed E-state index contributed by atoms with van der Waals surface area (Å²) in [7, 11) is 7.16. The third-order valence-corrected chi connectivity index (χ3v) is 4.56. The summed E-state index contributed by atoms with van der Waals surface area (Å²) in [5.41, 5.74) is 0.325. The van der Waals surface area contributed by atoms with E-state index in [9.17, 15) is 14.4 Å². The molecule has 0 heterocycles. The van der Waals surface area contributed by atoms with Crippen molar-refractivity contribution < 1.29 is 43.2 Å². The van der Waals surface area contributed by atoms with Crippen LogP contribution in [0.25, 0.3) is 6.08 Å². The van der Waals surface area contributed by atoms with Crippen LogP contribution in [0.1, 0.15) is 15.9 Å². The van der Waals surface area contributed by atoms with Crippen molar-refractivity contribution in [1.82, 2.24) is 10.6 Å². The lowest BCUT2D eigenvalue weighted by molar-refractivity contribution is -0.137. The predicted molar refractivity (Wildman–Crippen MR) is 122 cm³/mol. The molecule has 2 amide bonds. The fraction of sp³-hybridized carbons (Fsp3) is 0.261. The van der Waals surface area contributed by atoms with Crippen molar-refractivity contribution in [3.8, 4) is 28.7 Å². The standard InChI is InChI=1S/C23H26N2O9/c1-30-15-7-6-13(17(11-15)31-2)8-16(23(29)24-12-20(26)27)25-22(28)14-9-18(32-3)21(34-5)19(10-14)33-4/h6-11H,12H2,1-5H3,(H,24,29)(H,25,28)(H,26,27)/b16-8-.